The summed E-state index contributed by atoms with van der Waals surface area (Å²) in [6.45, 7) is 4.15. The minimum Gasteiger partial charge on any atom is -0.478 e. The summed E-state index contributed by atoms with van der Waals surface area (Å²) in [5.41, 5.74) is -1.72. The summed E-state index contributed by atoms with van der Waals surface area (Å²) in [6.07, 6.45) is -4.72. The molecule has 0 aromatic heterocycles. The van der Waals surface area contributed by atoms with Gasteiger partial charge in [-0.15, -0.1) is 0 Å². The van der Waals surface area contributed by atoms with Crippen LogP contribution in [0.4, 0.5) is 18.9 Å². The van der Waals surface area contributed by atoms with Gasteiger partial charge in [-0.05, 0) is 24.1 Å². The van der Waals surface area contributed by atoms with Gasteiger partial charge < -0.3 is 15.2 Å². The van der Waals surface area contributed by atoms with Gasteiger partial charge in [0.1, 0.15) is 0 Å². The fourth-order valence-corrected chi connectivity index (χ4v) is 1.85. The fourth-order valence-electron chi connectivity index (χ4n) is 1.85. The lowest BCUT2D eigenvalue weighted by Crippen LogP contribution is -2.30. The van der Waals surface area contributed by atoms with E-state index in [1.807, 2.05) is 13.8 Å². The van der Waals surface area contributed by atoms with Crippen LogP contribution in [0.25, 0.3) is 0 Å². The summed E-state index contributed by atoms with van der Waals surface area (Å²) in [6, 6.07) is 2.92. The van der Waals surface area contributed by atoms with Crippen molar-refractivity contribution in [2.24, 2.45) is 5.92 Å². The van der Waals surface area contributed by atoms with Crippen molar-refractivity contribution in [3.63, 3.8) is 0 Å². The Hall–Kier alpha value is -1.76. The number of carboxylic acids is 1. The number of methoxy groups -OCH3 is 1. The molecule has 0 heterocycles. The molecule has 1 aromatic rings. The number of anilines is 1. The topological polar surface area (TPSA) is 58.6 Å². The lowest BCUT2D eigenvalue weighted by atomic mass is 10.0. The molecule has 21 heavy (non-hydrogen) atoms. The Balaban J connectivity index is 3.13. The van der Waals surface area contributed by atoms with E-state index in [2.05, 4.69) is 5.32 Å². The molecule has 0 amide bonds. The van der Waals surface area contributed by atoms with Crippen molar-refractivity contribution in [1.29, 1.82) is 0 Å². The number of nitrogens with one attached hydrogen (secondary N) is 1. The SMILES string of the molecule is COCC(Nc1ccc(C(=O)O)c(C(F)(F)F)c1)C(C)C. The molecule has 0 saturated carbocycles. The standard InChI is InChI=1S/C14H18F3NO3/c1-8(2)12(7-21-3)18-9-4-5-10(13(19)20)11(6-9)14(15,16)17/h4-6,8,12,18H,7H2,1-3H3,(H,19,20). The van der Waals surface area contributed by atoms with Crippen LogP contribution >= 0.6 is 0 Å². The first-order valence-corrected chi connectivity index (χ1v) is 6.36. The predicted molar refractivity (Wildman–Crippen MR) is 72.5 cm³/mol. The first kappa shape index (κ1) is 17.3. The second kappa shape index (κ2) is 6.80. The molecule has 0 aliphatic heterocycles. The van der Waals surface area contributed by atoms with Crippen LogP contribution in [0, 0.1) is 5.92 Å². The van der Waals surface area contributed by atoms with Crippen LogP contribution in [0.5, 0.6) is 0 Å². The van der Waals surface area contributed by atoms with Gasteiger partial charge >= 0.3 is 12.1 Å². The third kappa shape index (κ3) is 4.63. The van der Waals surface area contributed by atoms with Gasteiger partial charge in [-0.3, -0.25) is 0 Å². The third-order valence-electron chi connectivity index (χ3n) is 3.06. The second-order valence-corrected chi connectivity index (χ2v) is 5.01. The Morgan fingerprint density at radius 3 is 2.43 bits per heavy atom. The van der Waals surface area contributed by atoms with Gasteiger partial charge in [0.2, 0.25) is 0 Å². The molecule has 1 unspecified atom stereocenters. The van der Waals surface area contributed by atoms with Crippen LogP contribution in [0.1, 0.15) is 29.8 Å². The van der Waals surface area contributed by atoms with Gasteiger partial charge in [-0.25, -0.2) is 4.79 Å². The first-order chi connectivity index (χ1) is 9.66. The van der Waals surface area contributed by atoms with Crippen molar-refractivity contribution < 1.29 is 27.8 Å². The van der Waals surface area contributed by atoms with E-state index in [-0.39, 0.29) is 17.6 Å². The van der Waals surface area contributed by atoms with E-state index >= 15 is 0 Å². The normalized spacial score (nSPS) is 13.3. The summed E-state index contributed by atoms with van der Waals surface area (Å²) >= 11 is 0. The lowest BCUT2D eigenvalue weighted by molar-refractivity contribution is -0.138. The van der Waals surface area contributed by atoms with Crippen LogP contribution in [0.3, 0.4) is 0 Å². The van der Waals surface area contributed by atoms with Gasteiger partial charge in [0, 0.05) is 12.8 Å². The van der Waals surface area contributed by atoms with E-state index in [4.69, 9.17) is 9.84 Å². The zero-order valence-corrected chi connectivity index (χ0v) is 12.0. The van der Waals surface area contributed by atoms with Crippen molar-refractivity contribution in [3.8, 4) is 0 Å². The molecule has 4 nitrogen and oxygen atoms in total. The maximum absolute atomic E-state index is 12.9. The number of ether oxygens (including phenoxy) is 1. The Bertz CT molecular complexity index is 501. The van der Waals surface area contributed by atoms with Crippen molar-refractivity contribution in [2.75, 3.05) is 19.0 Å². The summed E-state index contributed by atoms with van der Waals surface area (Å²) in [7, 11) is 1.51. The maximum atomic E-state index is 12.9. The van der Waals surface area contributed by atoms with Gasteiger partial charge in [0.25, 0.3) is 0 Å². The third-order valence-corrected chi connectivity index (χ3v) is 3.06. The molecule has 0 saturated heterocycles. The van der Waals surface area contributed by atoms with Gasteiger partial charge in [-0.1, -0.05) is 13.8 Å². The average molecular weight is 305 g/mol. The summed E-state index contributed by atoms with van der Waals surface area (Å²) in [5, 5.41) is 11.8. The Morgan fingerprint density at radius 1 is 1.38 bits per heavy atom. The predicted octanol–water partition coefficient (Wildman–Crippen LogP) is 3.49. The monoisotopic (exact) mass is 305 g/mol. The zero-order valence-electron chi connectivity index (χ0n) is 12.0. The van der Waals surface area contributed by atoms with E-state index in [0.29, 0.717) is 6.61 Å². The largest absolute Gasteiger partial charge is 0.478 e. The van der Waals surface area contributed by atoms with Crippen molar-refractivity contribution in [1.82, 2.24) is 0 Å². The van der Waals surface area contributed by atoms with Gasteiger partial charge in [0.15, 0.2) is 0 Å². The van der Waals surface area contributed by atoms with E-state index in [0.717, 1.165) is 12.1 Å². The van der Waals surface area contributed by atoms with E-state index in [1.165, 1.54) is 13.2 Å². The molecule has 0 fully saturated rings. The maximum Gasteiger partial charge on any atom is 0.417 e. The van der Waals surface area contributed by atoms with E-state index < -0.39 is 23.3 Å². The highest BCUT2D eigenvalue weighted by Crippen LogP contribution is 2.34. The summed E-state index contributed by atoms with van der Waals surface area (Å²) in [4.78, 5) is 10.9. The molecule has 118 valence electrons. The van der Waals surface area contributed by atoms with Crippen molar-refractivity contribution in [3.05, 3.63) is 29.3 Å². The van der Waals surface area contributed by atoms with Crippen molar-refractivity contribution in [2.45, 2.75) is 26.1 Å². The number of hydrogen-bond acceptors (Lipinski definition) is 3. The lowest BCUT2D eigenvalue weighted by Gasteiger charge is -2.23. The van der Waals surface area contributed by atoms with E-state index in [1.54, 1.807) is 0 Å². The quantitative estimate of drug-likeness (QED) is 0.844. The smallest absolute Gasteiger partial charge is 0.417 e. The van der Waals surface area contributed by atoms with Crippen LogP contribution in [0.15, 0.2) is 18.2 Å². The van der Waals surface area contributed by atoms with Crippen molar-refractivity contribution >= 4 is 11.7 Å². The second-order valence-electron chi connectivity index (χ2n) is 5.01. The minimum atomic E-state index is -4.72. The zero-order chi connectivity index (χ0) is 16.2. The minimum absolute atomic E-state index is 0.137. The Labute approximate surface area is 120 Å². The Kier molecular flexibility index (Phi) is 5.60. The molecule has 1 atom stereocenters. The molecule has 2 N–H and O–H groups in total. The van der Waals surface area contributed by atoms with Crippen LogP contribution in [-0.4, -0.2) is 30.8 Å². The molecular formula is C14H18F3NO3. The molecule has 0 spiro atoms. The number of aromatic carboxylic acids is 1. The Morgan fingerprint density at radius 2 is 2.00 bits per heavy atom. The summed E-state index contributed by atoms with van der Waals surface area (Å²) < 4.78 is 43.8. The highest BCUT2D eigenvalue weighted by molar-refractivity contribution is 5.90. The van der Waals surface area contributed by atoms with Gasteiger partial charge in [-0.2, -0.15) is 13.2 Å². The van der Waals surface area contributed by atoms with Crippen LogP contribution < -0.4 is 5.32 Å². The molecule has 0 radical (unpaired) electrons. The molecule has 0 aliphatic rings. The number of carboxylic acid groups (broad SMARTS) is 1. The number of benzene rings is 1. The summed E-state index contributed by atoms with van der Waals surface area (Å²) in [5.74, 6) is -1.47. The number of rotatable bonds is 6. The molecule has 1 aromatic carbocycles. The highest BCUT2D eigenvalue weighted by Gasteiger charge is 2.35. The molecule has 0 aliphatic carbocycles. The van der Waals surface area contributed by atoms with Gasteiger partial charge in [0.05, 0.1) is 23.8 Å². The first-order valence-electron chi connectivity index (χ1n) is 6.36. The van der Waals surface area contributed by atoms with E-state index in [9.17, 15) is 18.0 Å². The molecule has 1 rings (SSSR count). The number of alkyl halides is 3. The average Bonchev–Trinajstić information content (AvgIpc) is 2.36. The molecular weight excluding hydrogens is 287 g/mol. The number of carbonyl (C=O) groups is 1. The fraction of sp³-hybridized carbons (Fsp3) is 0.500. The van der Waals surface area contributed by atoms with Crippen LogP contribution in [-0.2, 0) is 10.9 Å². The highest BCUT2D eigenvalue weighted by atomic mass is 19.4. The number of hydrogen-bond donors (Lipinski definition) is 2. The molecule has 0 bridgehead atoms. The van der Waals surface area contributed by atoms with Crippen LogP contribution in [0.2, 0.25) is 0 Å². The number of halogens is 3. The molecule has 7 heteroatoms.